The minimum Gasteiger partial charge on any atom is -0.479 e. The molecular formula is C30H34FN5O5. The van der Waals surface area contributed by atoms with Gasteiger partial charge in [-0.05, 0) is 55.7 Å². The Morgan fingerprint density at radius 1 is 1.07 bits per heavy atom. The van der Waals surface area contributed by atoms with Crippen LogP contribution in [0.4, 0.5) is 10.1 Å². The fourth-order valence-electron chi connectivity index (χ4n) is 4.59. The minimum atomic E-state index is -1.03. The van der Waals surface area contributed by atoms with Crippen molar-refractivity contribution in [2.24, 2.45) is 7.05 Å². The van der Waals surface area contributed by atoms with E-state index in [4.69, 9.17) is 9.47 Å². The van der Waals surface area contributed by atoms with Gasteiger partial charge in [-0.15, -0.1) is 0 Å². The van der Waals surface area contributed by atoms with Crippen LogP contribution in [0, 0.1) is 12.7 Å². The van der Waals surface area contributed by atoms with E-state index in [9.17, 15) is 19.1 Å². The molecule has 2 heterocycles. The maximum atomic E-state index is 13.7. The fourth-order valence-corrected chi connectivity index (χ4v) is 4.59. The average Bonchev–Trinajstić information content (AvgIpc) is 3.25. The molecule has 11 heteroatoms. The first-order valence-corrected chi connectivity index (χ1v) is 13.5. The maximum Gasteiger partial charge on any atom is 0.333 e. The summed E-state index contributed by atoms with van der Waals surface area (Å²) in [4.78, 5) is 34.0. The number of aromatic nitrogens is 4. The van der Waals surface area contributed by atoms with Gasteiger partial charge in [0.15, 0.2) is 6.10 Å². The molecule has 2 unspecified atom stereocenters. The van der Waals surface area contributed by atoms with Crippen LogP contribution in [0.1, 0.15) is 48.8 Å². The van der Waals surface area contributed by atoms with Crippen LogP contribution in [0.2, 0.25) is 0 Å². The van der Waals surface area contributed by atoms with Crippen LogP contribution in [0.15, 0.2) is 48.5 Å². The molecule has 0 saturated carbocycles. The highest BCUT2D eigenvalue weighted by Gasteiger charge is 2.25. The lowest BCUT2D eigenvalue weighted by Gasteiger charge is -2.19. The first-order chi connectivity index (χ1) is 19.7. The summed E-state index contributed by atoms with van der Waals surface area (Å²) < 4.78 is 26.8. The number of anilines is 1. The van der Waals surface area contributed by atoms with Gasteiger partial charge in [0.1, 0.15) is 29.3 Å². The van der Waals surface area contributed by atoms with Gasteiger partial charge in [-0.2, -0.15) is 10.1 Å². The molecular weight excluding hydrogens is 529 g/mol. The topological polar surface area (TPSA) is 128 Å². The van der Waals surface area contributed by atoms with E-state index in [1.165, 1.54) is 12.1 Å². The molecule has 0 radical (unpaired) electrons. The Bertz CT molecular complexity index is 1500. The van der Waals surface area contributed by atoms with E-state index in [0.717, 1.165) is 24.1 Å². The molecule has 4 rings (SSSR count). The van der Waals surface area contributed by atoms with Crippen molar-refractivity contribution >= 4 is 28.6 Å². The number of nitrogens with zero attached hydrogens (tertiary/aromatic N) is 4. The maximum absolute atomic E-state index is 13.7. The second-order valence-corrected chi connectivity index (χ2v) is 9.68. The summed E-state index contributed by atoms with van der Waals surface area (Å²) in [5.74, 6) is -1.76. The molecule has 0 spiro atoms. The number of nitrogens with one attached hydrogen (secondary N) is 1. The number of amides is 1. The molecule has 0 saturated heterocycles. The van der Waals surface area contributed by atoms with Crippen molar-refractivity contribution in [2.75, 3.05) is 18.5 Å². The lowest BCUT2D eigenvalue weighted by molar-refractivity contribution is -0.149. The number of halogens is 1. The molecule has 0 aliphatic rings. The van der Waals surface area contributed by atoms with Crippen molar-refractivity contribution in [1.29, 1.82) is 0 Å². The molecule has 0 aliphatic heterocycles. The van der Waals surface area contributed by atoms with Gasteiger partial charge < -0.3 is 19.9 Å². The molecule has 2 aromatic heterocycles. The standard InChI is InChI=1S/C30H34FN5O5/c1-5-7-24-26-27(36(4)35-24)29(33-18(3)32-26)41-17-23(20-10-12-21(31)13-11-20)28(37)34-22-14-8-19(9-15-22)16-25(30(38)39)40-6-2/h8-15,23,25H,5-7,16-17H2,1-4H3,(H,34,37)(H,38,39). The molecule has 1 amide bonds. The number of carboxylic acid groups (broad SMARTS) is 1. The minimum absolute atomic E-state index is 0.0654. The van der Waals surface area contributed by atoms with Gasteiger partial charge in [-0.1, -0.05) is 37.6 Å². The summed E-state index contributed by atoms with van der Waals surface area (Å²) in [6.45, 7) is 5.81. The summed E-state index contributed by atoms with van der Waals surface area (Å²) in [6, 6.07) is 12.6. The van der Waals surface area contributed by atoms with E-state index in [1.807, 2.05) is 0 Å². The number of carbonyl (C=O) groups excluding carboxylic acids is 1. The predicted octanol–water partition coefficient (Wildman–Crippen LogP) is 4.60. The third kappa shape index (κ3) is 7.23. The van der Waals surface area contributed by atoms with E-state index in [2.05, 4.69) is 27.3 Å². The molecule has 0 bridgehead atoms. The van der Waals surface area contributed by atoms with Crippen molar-refractivity contribution in [1.82, 2.24) is 19.7 Å². The van der Waals surface area contributed by atoms with Gasteiger partial charge in [-0.25, -0.2) is 14.2 Å². The van der Waals surface area contributed by atoms with Crippen LogP contribution in [-0.4, -0.2) is 56.0 Å². The van der Waals surface area contributed by atoms with Crippen molar-refractivity contribution in [3.63, 3.8) is 0 Å². The highest BCUT2D eigenvalue weighted by Crippen LogP contribution is 2.28. The van der Waals surface area contributed by atoms with E-state index in [1.54, 1.807) is 62.0 Å². The Morgan fingerprint density at radius 2 is 1.78 bits per heavy atom. The number of fused-ring (bicyclic) bond motifs is 1. The number of hydrogen-bond donors (Lipinski definition) is 2. The largest absolute Gasteiger partial charge is 0.479 e. The van der Waals surface area contributed by atoms with E-state index in [-0.39, 0.29) is 18.9 Å². The number of aryl methyl sites for hydroxylation is 3. The number of benzene rings is 2. The molecule has 41 heavy (non-hydrogen) atoms. The first kappa shape index (κ1) is 29.6. The van der Waals surface area contributed by atoms with Gasteiger partial charge >= 0.3 is 5.97 Å². The van der Waals surface area contributed by atoms with Crippen LogP contribution in [0.5, 0.6) is 5.88 Å². The summed E-state index contributed by atoms with van der Waals surface area (Å²) >= 11 is 0. The molecule has 216 valence electrons. The number of carboxylic acids is 1. The zero-order valence-corrected chi connectivity index (χ0v) is 23.6. The van der Waals surface area contributed by atoms with Crippen LogP contribution in [0.3, 0.4) is 0 Å². The Morgan fingerprint density at radius 3 is 2.41 bits per heavy atom. The van der Waals surface area contributed by atoms with Crippen molar-refractivity contribution in [3.8, 4) is 5.88 Å². The Hall–Kier alpha value is -4.38. The molecule has 0 fully saturated rings. The summed E-state index contributed by atoms with van der Waals surface area (Å²) in [7, 11) is 1.80. The third-order valence-electron chi connectivity index (χ3n) is 6.58. The zero-order chi connectivity index (χ0) is 29.5. The molecule has 2 aromatic carbocycles. The Balaban J connectivity index is 1.55. The van der Waals surface area contributed by atoms with Crippen LogP contribution in [-0.2, 0) is 34.2 Å². The van der Waals surface area contributed by atoms with E-state index >= 15 is 0 Å². The van der Waals surface area contributed by atoms with Crippen molar-refractivity contribution in [3.05, 3.63) is 77.0 Å². The van der Waals surface area contributed by atoms with E-state index < -0.39 is 23.8 Å². The fraction of sp³-hybridized carbons (Fsp3) is 0.367. The number of hydrogen-bond acceptors (Lipinski definition) is 7. The second-order valence-electron chi connectivity index (χ2n) is 9.68. The lowest BCUT2D eigenvalue weighted by Crippen LogP contribution is -2.27. The quantitative estimate of drug-likeness (QED) is 0.242. The van der Waals surface area contributed by atoms with Crippen molar-refractivity contribution < 1.29 is 28.6 Å². The van der Waals surface area contributed by atoms with Gasteiger partial charge in [0.25, 0.3) is 0 Å². The smallest absolute Gasteiger partial charge is 0.333 e. The first-order valence-electron chi connectivity index (χ1n) is 13.5. The number of rotatable bonds is 13. The van der Waals surface area contributed by atoms with Crippen LogP contribution in [0.25, 0.3) is 11.0 Å². The van der Waals surface area contributed by atoms with Gasteiger partial charge in [0.2, 0.25) is 11.8 Å². The molecule has 2 atom stereocenters. The zero-order valence-electron chi connectivity index (χ0n) is 23.6. The summed E-state index contributed by atoms with van der Waals surface area (Å²) in [6.07, 6.45) is 0.917. The number of ether oxygens (including phenoxy) is 2. The van der Waals surface area contributed by atoms with Gasteiger partial charge in [0.05, 0.1) is 11.6 Å². The monoisotopic (exact) mass is 563 g/mol. The van der Waals surface area contributed by atoms with Crippen LogP contribution < -0.4 is 10.1 Å². The van der Waals surface area contributed by atoms with Gasteiger partial charge in [0, 0.05) is 25.8 Å². The molecule has 4 aromatic rings. The average molecular weight is 564 g/mol. The third-order valence-corrected chi connectivity index (χ3v) is 6.58. The highest BCUT2D eigenvalue weighted by atomic mass is 19.1. The number of aliphatic carboxylic acids is 1. The molecule has 2 N–H and O–H groups in total. The van der Waals surface area contributed by atoms with E-state index in [0.29, 0.717) is 40.6 Å². The van der Waals surface area contributed by atoms with Crippen molar-refractivity contribution in [2.45, 2.75) is 52.1 Å². The highest BCUT2D eigenvalue weighted by molar-refractivity contribution is 5.96. The lowest BCUT2D eigenvalue weighted by atomic mass is 9.98. The normalized spacial score (nSPS) is 12.7. The Kier molecular flexibility index (Phi) is 9.61. The number of carbonyl (C=O) groups is 2. The Labute approximate surface area is 237 Å². The summed E-state index contributed by atoms with van der Waals surface area (Å²) in [5.41, 5.74) is 4.05. The molecule has 0 aliphatic carbocycles. The SMILES string of the molecule is CCCc1nn(C)c2c(OCC(C(=O)Nc3ccc(CC(OCC)C(=O)O)cc3)c3ccc(F)cc3)nc(C)nc12. The summed E-state index contributed by atoms with van der Waals surface area (Å²) in [5, 5.41) is 16.8. The second kappa shape index (κ2) is 13.3. The molecule has 10 nitrogen and oxygen atoms in total. The van der Waals surface area contributed by atoms with Crippen LogP contribution >= 0.6 is 0 Å². The predicted molar refractivity (Wildman–Crippen MR) is 151 cm³/mol. The van der Waals surface area contributed by atoms with Gasteiger partial charge in [-0.3, -0.25) is 9.48 Å².